The summed E-state index contributed by atoms with van der Waals surface area (Å²) in [5, 5.41) is 3.10. The molecule has 1 aliphatic rings. The monoisotopic (exact) mass is 290 g/mol. The van der Waals surface area contributed by atoms with E-state index in [1.165, 1.54) is 0 Å². The van der Waals surface area contributed by atoms with Crippen molar-refractivity contribution >= 4 is 17.6 Å². The van der Waals surface area contributed by atoms with Gasteiger partial charge < -0.3 is 15.0 Å². The van der Waals surface area contributed by atoms with Crippen molar-refractivity contribution in [1.29, 1.82) is 0 Å². The van der Waals surface area contributed by atoms with Crippen LogP contribution in [0.3, 0.4) is 0 Å². The third kappa shape index (κ3) is 4.21. The molecule has 0 radical (unpaired) electrons. The number of amides is 1. The number of hydrogen-bond acceptors (Lipinski definition) is 4. The van der Waals surface area contributed by atoms with Crippen molar-refractivity contribution in [2.75, 3.05) is 18.5 Å². The molecule has 0 unspecified atom stereocenters. The first-order chi connectivity index (χ1) is 10.1. The van der Waals surface area contributed by atoms with Gasteiger partial charge in [0.05, 0.1) is 6.61 Å². The molecule has 21 heavy (non-hydrogen) atoms. The van der Waals surface area contributed by atoms with Gasteiger partial charge in [0.1, 0.15) is 6.04 Å². The van der Waals surface area contributed by atoms with E-state index in [0.717, 1.165) is 24.2 Å². The molecule has 1 aliphatic heterocycles. The number of rotatable bonds is 6. The maximum atomic E-state index is 11.6. The van der Waals surface area contributed by atoms with Gasteiger partial charge in [-0.1, -0.05) is 12.1 Å². The van der Waals surface area contributed by atoms with Crippen LogP contribution in [-0.2, 0) is 20.9 Å². The Balaban J connectivity index is 1.89. The molecule has 1 aromatic carbocycles. The molecule has 5 heteroatoms. The third-order valence-electron chi connectivity index (χ3n) is 3.52. The van der Waals surface area contributed by atoms with Crippen molar-refractivity contribution in [3.63, 3.8) is 0 Å². The maximum absolute atomic E-state index is 11.6. The van der Waals surface area contributed by atoms with Gasteiger partial charge in [0.15, 0.2) is 0 Å². The molecule has 0 aromatic heterocycles. The Bertz CT molecular complexity index is 499. The van der Waals surface area contributed by atoms with Crippen LogP contribution in [0.4, 0.5) is 5.69 Å². The number of benzene rings is 1. The second-order valence-electron chi connectivity index (χ2n) is 5.23. The first kappa shape index (κ1) is 15.4. The summed E-state index contributed by atoms with van der Waals surface area (Å²) in [4.78, 5) is 25.0. The summed E-state index contributed by atoms with van der Waals surface area (Å²) >= 11 is 0. The predicted octanol–water partition coefficient (Wildman–Crippen LogP) is 2.17. The summed E-state index contributed by atoms with van der Waals surface area (Å²) in [7, 11) is 0. The molecule has 1 saturated heterocycles. The van der Waals surface area contributed by atoms with E-state index in [-0.39, 0.29) is 17.9 Å². The molecule has 1 atom stereocenters. The zero-order valence-corrected chi connectivity index (χ0v) is 12.6. The van der Waals surface area contributed by atoms with Crippen molar-refractivity contribution in [3.05, 3.63) is 29.8 Å². The van der Waals surface area contributed by atoms with Crippen LogP contribution in [0.25, 0.3) is 0 Å². The maximum Gasteiger partial charge on any atom is 0.328 e. The molecule has 0 saturated carbocycles. The first-order valence-corrected chi connectivity index (χ1v) is 7.40. The van der Waals surface area contributed by atoms with Crippen molar-refractivity contribution in [2.24, 2.45) is 0 Å². The fraction of sp³-hybridized carbons (Fsp3) is 0.500. The van der Waals surface area contributed by atoms with Crippen LogP contribution in [0.15, 0.2) is 24.3 Å². The number of carbonyl (C=O) groups excluding carboxylic acids is 2. The summed E-state index contributed by atoms with van der Waals surface area (Å²) in [6.45, 7) is 5.45. The van der Waals surface area contributed by atoms with E-state index in [2.05, 4.69) is 5.32 Å². The van der Waals surface area contributed by atoms with Crippen LogP contribution in [0.5, 0.6) is 0 Å². The fourth-order valence-electron chi connectivity index (χ4n) is 2.37. The summed E-state index contributed by atoms with van der Waals surface area (Å²) in [6, 6.07) is 7.42. The minimum atomic E-state index is -0.379. The average molecular weight is 290 g/mol. The van der Waals surface area contributed by atoms with E-state index in [1.54, 1.807) is 13.8 Å². The van der Waals surface area contributed by atoms with Crippen LogP contribution >= 0.6 is 0 Å². The van der Waals surface area contributed by atoms with E-state index in [9.17, 15) is 9.59 Å². The normalized spacial score (nSPS) is 15.9. The highest BCUT2D eigenvalue weighted by atomic mass is 16.5. The highest BCUT2D eigenvalue weighted by Crippen LogP contribution is 2.16. The van der Waals surface area contributed by atoms with E-state index in [0.29, 0.717) is 19.6 Å². The van der Waals surface area contributed by atoms with Crippen molar-refractivity contribution in [3.8, 4) is 0 Å². The molecule has 0 aliphatic carbocycles. The molecule has 1 aromatic rings. The van der Waals surface area contributed by atoms with E-state index >= 15 is 0 Å². The molecular formula is C16H22N2O3. The zero-order chi connectivity index (χ0) is 15.2. The number of nitrogens with zero attached hydrogens (tertiary/aromatic N) is 1. The Hall–Kier alpha value is -2.04. The van der Waals surface area contributed by atoms with Crippen LogP contribution < -0.4 is 5.32 Å². The van der Waals surface area contributed by atoms with E-state index < -0.39 is 0 Å². The highest BCUT2D eigenvalue weighted by Gasteiger charge is 2.20. The Morgan fingerprint density at radius 3 is 2.67 bits per heavy atom. The lowest BCUT2D eigenvalue weighted by atomic mass is 10.2. The SMILES string of the molecule is CCOC(=O)[C@@H](C)Nc1ccc(CN2CCCC2=O)cc1. The molecule has 2 rings (SSSR count). The molecule has 114 valence electrons. The fourth-order valence-corrected chi connectivity index (χ4v) is 2.37. The summed E-state index contributed by atoms with van der Waals surface area (Å²) < 4.78 is 4.95. The molecule has 0 spiro atoms. The second kappa shape index (κ2) is 7.11. The smallest absolute Gasteiger partial charge is 0.328 e. The highest BCUT2D eigenvalue weighted by molar-refractivity contribution is 5.79. The molecule has 1 heterocycles. The number of anilines is 1. The van der Waals surface area contributed by atoms with Gasteiger partial charge in [-0.2, -0.15) is 0 Å². The minimum absolute atomic E-state index is 0.230. The van der Waals surface area contributed by atoms with Crippen LogP contribution in [0.1, 0.15) is 32.3 Å². The zero-order valence-electron chi connectivity index (χ0n) is 12.6. The molecule has 1 fully saturated rings. The van der Waals surface area contributed by atoms with Crippen molar-refractivity contribution in [2.45, 2.75) is 39.3 Å². The summed E-state index contributed by atoms with van der Waals surface area (Å²) in [5.41, 5.74) is 1.96. The molecule has 1 N–H and O–H groups in total. The van der Waals surface area contributed by atoms with Gasteiger partial charge in [-0.25, -0.2) is 4.79 Å². The van der Waals surface area contributed by atoms with Gasteiger partial charge in [0.2, 0.25) is 5.91 Å². The summed E-state index contributed by atoms with van der Waals surface area (Å²) in [6.07, 6.45) is 1.62. The number of ether oxygens (including phenoxy) is 1. The lowest BCUT2D eigenvalue weighted by molar-refractivity contribution is -0.143. The van der Waals surface area contributed by atoms with Gasteiger partial charge in [0.25, 0.3) is 0 Å². The first-order valence-electron chi connectivity index (χ1n) is 7.40. The third-order valence-corrected chi connectivity index (χ3v) is 3.52. The molecular weight excluding hydrogens is 268 g/mol. The van der Waals surface area contributed by atoms with Gasteiger partial charge in [-0.15, -0.1) is 0 Å². The topological polar surface area (TPSA) is 58.6 Å². The van der Waals surface area contributed by atoms with Gasteiger partial charge >= 0.3 is 5.97 Å². The largest absolute Gasteiger partial charge is 0.464 e. The van der Waals surface area contributed by atoms with Crippen molar-refractivity contribution in [1.82, 2.24) is 4.90 Å². The van der Waals surface area contributed by atoms with Crippen LogP contribution in [-0.4, -0.2) is 36.0 Å². The van der Waals surface area contributed by atoms with Gasteiger partial charge in [0, 0.05) is 25.2 Å². The predicted molar refractivity (Wildman–Crippen MR) is 80.8 cm³/mol. The minimum Gasteiger partial charge on any atom is -0.464 e. The van der Waals surface area contributed by atoms with Crippen molar-refractivity contribution < 1.29 is 14.3 Å². The lowest BCUT2D eigenvalue weighted by Gasteiger charge is -2.17. The quantitative estimate of drug-likeness (QED) is 0.816. The summed E-state index contributed by atoms with van der Waals surface area (Å²) in [5.74, 6) is -0.0302. The molecule has 1 amide bonds. The van der Waals surface area contributed by atoms with E-state index in [4.69, 9.17) is 4.74 Å². The second-order valence-corrected chi connectivity index (χ2v) is 5.23. The van der Waals surface area contributed by atoms with E-state index in [1.807, 2.05) is 29.2 Å². The van der Waals surface area contributed by atoms with Crippen LogP contribution in [0.2, 0.25) is 0 Å². The van der Waals surface area contributed by atoms with Gasteiger partial charge in [-0.3, -0.25) is 4.79 Å². The molecule has 5 nitrogen and oxygen atoms in total. The Morgan fingerprint density at radius 1 is 1.38 bits per heavy atom. The van der Waals surface area contributed by atoms with Gasteiger partial charge in [-0.05, 0) is 38.0 Å². The Kier molecular flexibility index (Phi) is 5.20. The number of likely N-dealkylation sites (tertiary alicyclic amines) is 1. The number of nitrogens with one attached hydrogen (secondary N) is 1. The number of carbonyl (C=O) groups is 2. The lowest BCUT2D eigenvalue weighted by Crippen LogP contribution is -2.28. The number of esters is 1. The number of hydrogen-bond donors (Lipinski definition) is 1. The molecule has 0 bridgehead atoms. The Morgan fingerprint density at radius 2 is 2.10 bits per heavy atom. The average Bonchev–Trinajstić information content (AvgIpc) is 2.86. The Labute approximate surface area is 125 Å². The van der Waals surface area contributed by atoms with Crippen LogP contribution in [0, 0.1) is 0 Å². The standard InChI is InChI=1S/C16H22N2O3/c1-3-21-16(20)12(2)17-14-8-6-13(7-9-14)11-18-10-4-5-15(18)19/h6-9,12,17H,3-5,10-11H2,1-2H3/t12-/m1/s1.